The average Bonchev–Trinajstić information content (AvgIpc) is 3.19. The fourth-order valence-corrected chi connectivity index (χ4v) is 4.06. The highest BCUT2D eigenvalue weighted by Crippen LogP contribution is 2.36. The first-order chi connectivity index (χ1) is 12.1. The molecular formula is C19H21ClFN5. The SMILES string of the molecule is Cc1ccc(F)cc1-c1cc(C#N)c(N[C@H]2C[C@H]3CNC[C@H]3C2)nn1.Cl. The van der Waals surface area contributed by atoms with Crippen LogP contribution in [0.4, 0.5) is 10.2 Å². The second-order valence-corrected chi connectivity index (χ2v) is 7.05. The molecule has 0 bridgehead atoms. The molecule has 1 aromatic heterocycles. The number of aryl methyl sites for hydroxylation is 1. The molecule has 2 heterocycles. The third-order valence-corrected chi connectivity index (χ3v) is 5.39. The van der Waals surface area contributed by atoms with E-state index in [1.165, 1.54) is 12.1 Å². The van der Waals surface area contributed by atoms with E-state index < -0.39 is 0 Å². The second-order valence-electron chi connectivity index (χ2n) is 7.05. The van der Waals surface area contributed by atoms with Crippen molar-refractivity contribution in [2.75, 3.05) is 18.4 Å². The van der Waals surface area contributed by atoms with Gasteiger partial charge in [-0.05, 0) is 68.5 Å². The fraction of sp³-hybridized carbons (Fsp3) is 0.421. The Morgan fingerprint density at radius 2 is 1.92 bits per heavy atom. The minimum absolute atomic E-state index is 0. The summed E-state index contributed by atoms with van der Waals surface area (Å²) in [5.41, 5.74) is 2.53. The Morgan fingerprint density at radius 3 is 2.62 bits per heavy atom. The first-order valence-electron chi connectivity index (χ1n) is 8.65. The van der Waals surface area contributed by atoms with Gasteiger partial charge in [-0.1, -0.05) is 6.07 Å². The van der Waals surface area contributed by atoms with Gasteiger partial charge in [0, 0.05) is 11.6 Å². The molecule has 2 aromatic rings. The van der Waals surface area contributed by atoms with E-state index in [0.29, 0.717) is 40.5 Å². The maximum atomic E-state index is 13.5. The highest BCUT2D eigenvalue weighted by Gasteiger charge is 2.37. The Bertz CT molecular complexity index is 838. The van der Waals surface area contributed by atoms with Crippen LogP contribution in [0.3, 0.4) is 0 Å². The van der Waals surface area contributed by atoms with Crippen LogP contribution in [0, 0.1) is 35.9 Å². The number of anilines is 1. The predicted octanol–water partition coefficient (Wildman–Crippen LogP) is 3.29. The lowest BCUT2D eigenvalue weighted by Crippen LogP contribution is -2.21. The second kappa shape index (κ2) is 7.56. The number of benzene rings is 1. The van der Waals surface area contributed by atoms with E-state index in [1.807, 2.05) is 6.92 Å². The first kappa shape index (κ1) is 18.6. The molecule has 4 rings (SSSR count). The van der Waals surface area contributed by atoms with Crippen LogP contribution in [0.5, 0.6) is 0 Å². The monoisotopic (exact) mass is 373 g/mol. The van der Waals surface area contributed by atoms with Crippen molar-refractivity contribution >= 4 is 18.2 Å². The van der Waals surface area contributed by atoms with Crippen LogP contribution in [0.2, 0.25) is 0 Å². The number of fused-ring (bicyclic) bond motifs is 1. The van der Waals surface area contributed by atoms with Gasteiger partial charge >= 0.3 is 0 Å². The van der Waals surface area contributed by atoms with Crippen molar-refractivity contribution in [3.63, 3.8) is 0 Å². The summed E-state index contributed by atoms with van der Waals surface area (Å²) in [6.07, 6.45) is 2.18. The van der Waals surface area contributed by atoms with Gasteiger partial charge in [-0.2, -0.15) is 5.26 Å². The highest BCUT2D eigenvalue weighted by atomic mass is 35.5. The van der Waals surface area contributed by atoms with Crippen molar-refractivity contribution in [1.82, 2.24) is 15.5 Å². The average molecular weight is 374 g/mol. The van der Waals surface area contributed by atoms with Gasteiger partial charge in [0.25, 0.3) is 0 Å². The van der Waals surface area contributed by atoms with Gasteiger partial charge in [-0.3, -0.25) is 0 Å². The van der Waals surface area contributed by atoms with Crippen LogP contribution in [0.1, 0.15) is 24.0 Å². The smallest absolute Gasteiger partial charge is 0.166 e. The number of rotatable bonds is 3. The molecule has 2 N–H and O–H groups in total. The molecule has 1 aliphatic carbocycles. The molecule has 136 valence electrons. The molecule has 7 heteroatoms. The lowest BCUT2D eigenvalue weighted by atomic mass is 10.0. The number of nitriles is 1. The summed E-state index contributed by atoms with van der Waals surface area (Å²) in [5.74, 6) is 1.63. The third kappa shape index (κ3) is 3.50. The van der Waals surface area contributed by atoms with E-state index >= 15 is 0 Å². The molecule has 5 nitrogen and oxygen atoms in total. The zero-order valence-corrected chi connectivity index (χ0v) is 15.3. The molecule has 0 amide bonds. The summed E-state index contributed by atoms with van der Waals surface area (Å²) < 4.78 is 13.5. The minimum Gasteiger partial charge on any atom is -0.365 e. The fourth-order valence-electron chi connectivity index (χ4n) is 4.06. The molecule has 0 radical (unpaired) electrons. The molecule has 0 spiro atoms. The molecule has 2 fully saturated rings. The molecule has 1 aliphatic heterocycles. The van der Waals surface area contributed by atoms with Crippen LogP contribution in [0.25, 0.3) is 11.3 Å². The molecule has 1 saturated carbocycles. The quantitative estimate of drug-likeness (QED) is 0.863. The van der Waals surface area contributed by atoms with Gasteiger partial charge in [-0.15, -0.1) is 22.6 Å². The Labute approximate surface area is 158 Å². The van der Waals surface area contributed by atoms with Gasteiger partial charge in [0.05, 0.1) is 11.3 Å². The van der Waals surface area contributed by atoms with Crippen molar-refractivity contribution in [2.45, 2.75) is 25.8 Å². The van der Waals surface area contributed by atoms with E-state index in [2.05, 4.69) is 26.9 Å². The predicted molar refractivity (Wildman–Crippen MR) is 101 cm³/mol. The number of halogens is 2. The Hall–Kier alpha value is -2.23. The van der Waals surface area contributed by atoms with Gasteiger partial charge in [0.1, 0.15) is 11.9 Å². The van der Waals surface area contributed by atoms with Crippen molar-refractivity contribution in [3.8, 4) is 17.3 Å². The van der Waals surface area contributed by atoms with E-state index in [0.717, 1.165) is 31.5 Å². The Balaban J connectivity index is 0.00000196. The molecule has 2 aliphatic rings. The number of hydrogen-bond donors (Lipinski definition) is 2. The summed E-state index contributed by atoms with van der Waals surface area (Å²) in [7, 11) is 0. The van der Waals surface area contributed by atoms with Gasteiger partial charge in [0.2, 0.25) is 0 Å². The maximum absolute atomic E-state index is 13.5. The third-order valence-electron chi connectivity index (χ3n) is 5.39. The summed E-state index contributed by atoms with van der Waals surface area (Å²) in [4.78, 5) is 0. The lowest BCUT2D eigenvalue weighted by Gasteiger charge is -2.15. The topological polar surface area (TPSA) is 73.6 Å². The molecule has 1 aromatic carbocycles. The Kier molecular flexibility index (Phi) is 5.40. The van der Waals surface area contributed by atoms with E-state index in [4.69, 9.17) is 0 Å². The maximum Gasteiger partial charge on any atom is 0.166 e. The normalized spacial score (nSPS) is 23.8. The van der Waals surface area contributed by atoms with E-state index in [1.54, 1.807) is 12.1 Å². The molecule has 0 unspecified atom stereocenters. The van der Waals surface area contributed by atoms with Crippen LogP contribution in [0.15, 0.2) is 24.3 Å². The van der Waals surface area contributed by atoms with E-state index in [9.17, 15) is 9.65 Å². The number of nitrogens with zero attached hydrogens (tertiary/aromatic N) is 3. The van der Waals surface area contributed by atoms with Crippen LogP contribution < -0.4 is 10.6 Å². The zero-order valence-electron chi connectivity index (χ0n) is 14.5. The van der Waals surface area contributed by atoms with Crippen molar-refractivity contribution < 1.29 is 4.39 Å². The van der Waals surface area contributed by atoms with Gasteiger partial charge in [0.15, 0.2) is 5.82 Å². The first-order valence-corrected chi connectivity index (χ1v) is 8.65. The van der Waals surface area contributed by atoms with Gasteiger partial charge in [-0.25, -0.2) is 4.39 Å². The van der Waals surface area contributed by atoms with Crippen LogP contribution >= 0.6 is 12.4 Å². The molecule has 26 heavy (non-hydrogen) atoms. The van der Waals surface area contributed by atoms with Crippen molar-refractivity contribution in [1.29, 1.82) is 5.26 Å². The zero-order chi connectivity index (χ0) is 17.4. The summed E-state index contributed by atoms with van der Waals surface area (Å²) in [6, 6.07) is 8.77. The summed E-state index contributed by atoms with van der Waals surface area (Å²) in [6.45, 7) is 4.05. The van der Waals surface area contributed by atoms with Crippen molar-refractivity contribution in [2.24, 2.45) is 11.8 Å². The standard InChI is InChI=1S/C19H20FN5.ClH/c1-11-2-3-15(20)7-17(11)18-6-12(8-21)19(25-24-18)23-16-4-13-9-22-10-14(13)5-16;/h2-3,6-7,13-14,16,22H,4-5,9-10H2,1H3,(H,23,25);1H/t13-,14+,16-;. The number of hydrogen-bond acceptors (Lipinski definition) is 5. The van der Waals surface area contributed by atoms with Crippen LogP contribution in [-0.4, -0.2) is 29.3 Å². The lowest BCUT2D eigenvalue weighted by molar-refractivity contribution is 0.494. The largest absolute Gasteiger partial charge is 0.365 e. The van der Waals surface area contributed by atoms with Gasteiger partial charge < -0.3 is 10.6 Å². The van der Waals surface area contributed by atoms with Crippen LogP contribution in [-0.2, 0) is 0 Å². The minimum atomic E-state index is -0.325. The van der Waals surface area contributed by atoms with E-state index in [-0.39, 0.29) is 18.2 Å². The summed E-state index contributed by atoms with van der Waals surface area (Å²) in [5, 5.41) is 24.8. The highest BCUT2D eigenvalue weighted by molar-refractivity contribution is 5.85. The molecular weight excluding hydrogens is 353 g/mol. The molecule has 1 saturated heterocycles. The van der Waals surface area contributed by atoms with Crippen molar-refractivity contribution in [3.05, 3.63) is 41.2 Å². The summed E-state index contributed by atoms with van der Waals surface area (Å²) >= 11 is 0. The Morgan fingerprint density at radius 1 is 1.19 bits per heavy atom. The number of aromatic nitrogens is 2. The molecule has 3 atom stereocenters. The number of nitrogens with one attached hydrogen (secondary N) is 2.